The van der Waals surface area contributed by atoms with Crippen molar-refractivity contribution in [2.75, 3.05) is 0 Å². The van der Waals surface area contributed by atoms with E-state index in [-0.39, 0.29) is 5.41 Å². The van der Waals surface area contributed by atoms with Crippen molar-refractivity contribution in [1.82, 2.24) is 19.9 Å². The number of benzene rings is 5. The van der Waals surface area contributed by atoms with Gasteiger partial charge in [0.2, 0.25) is 0 Å². The van der Waals surface area contributed by atoms with Crippen molar-refractivity contribution in [3.8, 4) is 79.5 Å². The van der Waals surface area contributed by atoms with Crippen molar-refractivity contribution in [3.05, 3.63) is 145 Å². The number of aromatic nitrogens is 4. The van der Waals surface area contributed by atoms with E-state index < -0.39 is 0 Å². The van der Waals surface area contributed by atoms with Gasteiger partial charge in [-0.1, -0.05) is 98.8 Å². The fourth-order valence-electron chi connectivity index (χ4n) is 6.67. The molecule has 5 aromatic carbocycles. The molecule has 0 N–H and O–H groups in total. The van der Waals surface area contributed by atoms with Gasteiger partial charge in [-0.2, -0.15) is 0 Å². The van der Waals surface area contributed by atoms with Gasteiger partial charge >= 0.3 is 0 Å². The molecular formula is C41H28N4O2. The summed E-state index contributed by atoms with van der Waals surface area (Å²) in [4.78, 5) is 19.4. The van der Waals surface area contributed by atoms with Crippen molar-refractivity contribution in [2.45, 2.75) is 19.3 Å². The van der Waals surface area contributed by atoms with Crippen LogP contribution in [0.15, 0.2) is 134 Å². The molecule has 0 fully saturated rings. The minimum atomic E-state index is -0.127. The minimum Gasteiger partial charge on any atom is -0.449 e. The van der Waals surface area contributed by atoms with Crippen LogP contribution in [0.25, 0.3) is 56.5 Å². The van der Waals surface area contributed by atoms with E-state index in [2.05, 4.69) is 55.2 Å². The zero-order chi connectivity index (χ0) is 31.5. The molecule has 1 aliphatic heterocycles. The molecule has 6 heteroatoms. The highest BCUT2D eigenvalue weighted by Gasteiger charge is 2.39. The predicted molar refractivity (Wildman–Crippen MR) is 184 cm³/mol. The molecule has 47 heavy (non-hydrogen) atoms. The second kappa shape index (κ2) is 10.5. The number of ether oxygens (including phenoxy) is 2. The van der Waals surface area contributed by atoms with Gasteiger partial charge in [-0.15, -0.1) is 0 Å². The molecule has 0 bridgehead atoms. The zero-order valence-electron chi connectivity index (χ0n) is 25.8. The molecule has 6 nitrogen and oxygen atoms in total. The quantitative estimate of drug-likeness (QED) is 0.198. The maximum atomic E-state index is 6.62. The molecule has 7 aromatic rings. The average Bonchev–Trinajstić information content (AvgIpc) is 3.37. The zero-order valence-corrected chi connectivity index (χ0v) is 25.8. The maximum absolute atomic E-state index is 6.62. The summed E-state index contributed by atoms with van der Waals surface area (Å²) in [5.74, 6) is 4.41. The van der Waals surface area contributed by atoms with Gasteiger partial charge in [0.1, 0.15) is 0 Å². The monoisotopic (exact) mass is 608 g/mol. The van der Waals surface area contributed by atoms with Crippen LogP contribution in [0.3, 0.4) is 0 Å². The van der Waals surface area contributed by atoms with E-state index in [9.17, 15) is 0 Å². The summed E-state index contributed by atoms with van der Waals surface area (Å²) in [5, 5.41) is 0. The van der Waals surface area contributed by atoms with Gasteiger partial charge in [-0.05, 0) is 59.2 Å². The highest BCUT2D eigenvalue weighted by molar-refractivity contribution is 5.88. The largest absolute Gasteiger partial charge is 0.449 e. The molecule has 2 aliphatic rings. The average molecular weight is 609 g/mol. The van der Waals surface area contributed by atoms with Gasteiger partial charge < -0.3 is 9.47 Å². The molecular weight excluding hydrogens is 580 g/mol. The summed E-state index contributed by atoms with van der Waals surface area (Å²) in [6.07, 6.45) is 1.80. The second-order valence-corrected chi connectivity index (χ2v) is 12.3. The lowest BCUT2D eigenvalue weighted by Gasteiger charge is -2.25. The maximum Gasteiger partial charge on any atom is 0.178 e. The number of hydrogen-bond acceptors (Lipinski definition) is 6. The summed E-state index contributed by atoms with van der Waals surface area (Å²) in [5.41, 5.74) is 9.13. The molecule has 1 aliphatic carbocycles. The van der Waals surface area contributed by atoms with Crippen LogP contribution in [0.2, 0.25) is 0 Å². The van der Waals surface area contributed by atoms with Crippen LogP contribution in [-0.2, 0) is 5.41 Å². The van der Waals surface area contributed by atoms with Crippen LogP contribution in [0.4, 0.5) is 0 Å². The Morgan fingerprint density at radius 1 is 0.489 bits per heavy atom. The van der Waals surface area contributed by atoms with Gasteiger partial charge in [0, 0.05) is 39.4 Å². The van der Waals surface area contributed by atoms with Gasteiger partial charge in [0.05, 0.1) is 5.69 Å². The Hall–Kier alpha value is -6.14. The molecule has 0 spiro atoms. The van der Waals surface area contributed by atoms with Gasteiger partial charge in [-0.3, -0.25) is 4.98 Å². The molecule has 0 saturated heterocycles. The first-order valence-electron chi connectivity index (χ1n) is 15.6. The number of hydrogen-bond donors (Lipinski definition) is 0. The molecule has 0 radical (unpaired) electrons. The lowest BCUT2D eigenvalue weighted by atomic mass is 9.82. The van der Waals surface area contributed by atoms with Crippen LogP contribution in [0, 0.1) is 0 Å². The molecule has 0 atom stereocenters. The van der Waals surface area contributed by atoms with E-state index in [0.717, 1.165) is 39.3 Å². The first-order valence-corrected chi connectivity index (χ1v) is 15.6. The highest BCUT2D eigenvalue weighted by atomic mass is 16.6. The van der Waals surface area contributed by atoms with Crippen molar-refractivity contribution >= 4 is 0 Å². The number of nitrogens with zero attached hydrogens (tertiary/aromatic N) is 4. The SMILES string of the molecule is CC1(C)c2ccccc2-c2c1ccc1c2Oc2ccc(-c3nc(-c4ccccc4)nc(-c4cccc(-c5ccccn5)c4)n3)cc2O1. The van der Waals surface area contributed by atoms with E-state index in [0.29, 0.717) is 34.7 Å². The van der Waals surface area contributed by atoms with Gasteiger partial charge in [-0.25, -0.2) is 15.0 Å². The van der Waals surface area contributed by atoms with E-state index in [4.69, 9.17) is 24.4 Å². The topological polar surface area (TPSA) is 70.0 Å². The molecule has 9 rings (SSSR count). The number of fused-ring (bicyclic) bond motifs is 6. The normalized spacial score (nSPS) is 13.4. The third-order valence-electron chi connectivity index (χ3n) is 9.05. The fourth-order valence-corrected chi connectivity index (χ4v) is 6.67. The van der Waals surface area contributed by atoms with E-state index in [1.54, 1.807) is 6.20 Å². The third-order valence-corrected chi connectivity index (χ3v) is 9.05. The van der Waals surface area contributed by atoms with E-state index >= 15 is 0 Å². The summed E-state index contributed by atoms with van der Waals surface area (Å²) in [6.45, 7) is 4.52. The lowest BCUT2D eigenvalue weighted by Crippen LogP contribution is -2.15. The Bertz CT molecular complexity index is 2340. The molecule has 0 saturated carbocycles. The van der Waals surface area contributed by atoms with Crippen molar-refractivity contribution in [3.63, 3.8) is 0 Å². The third kappa shape index (κ3) is 4.49. The van der Waals surface area contributed by atoms with Crippen molar-refractivity contribution in [2.24, 2.45) is 0 Å². The van der Waals surface area contributed by atoms with Crippen LogP contribution < -0.4 is 9.47 Å². The fraction of sp³-hybridized carbons (Fsp3) is 0.0732. The smallest absolute Gasteiger partial charge is 0.178 e. The summed E-state index contributed by atoms with van der Waals surface area (Å²) in [6, 6.07) is 42.6. The Labute approximate surface area is 272 Å². The van der Waals surface area contributed by atoms with Crippen molar-refractivity contribution < 1.29 is 9.47 Å². The molecule has 224 valence electrons. The summed E-state index contributed by atoms with van der Waals surface area (Å²) < 4.78 is 13.2. The molecule has 2 aromatic heterocycles. The summed E-state index contributed by atoms with van der Waals surface area (Å²) in [7, 11) is 0. The van der Waals surface area contributed by atoms with Crippen LogP contribution in [-0.4, -0.2) is 19.9 Å². The van der Waals surface area contributed by atoms with Crippen LogP contribution in [0.5, 0.6) is 23.0 Å². The van der Waals surface area contributed by atoms with Crippen molar-refractivity contribution in [1.29, 1.82) is 0 Å². The predicted octanol–water partition coefficient (Wildman–Crippen LogP) is 10.1. The summed E-state index contributed by atoms with van der Waals surface area (Å²) >= 11 is 0. The second-order valence-electron chi connectivity index (χ2n) is 12.3. The Morgan fingerprint density at radius 3 is 1.98 bits per heavy atom. The molecule has 0 unspecified atom stereocenters. The van der Waals surface area contributed by atoms with E-state index in [1.165, 1.54) is 16.7 Å². The van der Waals surface area contributed by atoms with E-state index in [1.807, 2.05) is 91.0 Å². The minimum absolute atomic E-state index is 0.127. The Balaban J connectivity index is 1.13. The first kappa shape index (κ1) is 27.2. The van der Waals surface area contributed by atoms with Gasteiger partial charge in [0.25, 0.3) is 0 Å². The molecule has 3 heterocycles. The van der Waals surface area contributed by atoms with Crippen LogP contribution >= 0.6 is 0 Å². The Morgan fingerprint density at radius 2 is 1.17 bits per heavy atom. The lowest BCUT2D eigenvalue weighted by molar-refractivity contribution is 0.360. The molecule has 0 amide bonds. The Kier molecular flexibility index (Phi) is 6.05. The number of rotatable bonds is 4. The standard InChI is InChI=1S/C41H28N4O2/c1-41(2)30-16-7-6-15-29(30)36-31(41)19-21-34-37(36)47-33-20-18-28(24-35(33)46-34)40-44-38(25-11-4-3-5-12-25)43-39(45-40)27-14-10-13-26(23-27)32-17-8-9-22-42-32/h3-24H,1-2H3. The van der Waals surface area contributed by atoms with Gasteiger partial charge in [0.15, 0.2) is 40.5 Å². The highest BCUT2D eigenvalue weighted by Crippen LogP contribution is 2.58. The van der Waals surface area contributed by atoms with Crippen LogP contribution in [0.1, 0.15) is 25.0 Å². The number of pyridine rings is 1. The first-order chi connectivity index (χ1) is 23.0.